The minimum Gasteiger partial charge on any atom is -0.480 e. The normalized spacial score (nSPS) is 12.1. The van der Waals surface area contributed by atoms with Gasteiger partial charge in [-0.1, -0.05) is 24.3 Å². The number of benzene rings is 1. The van der Waals surface area contributed by atoms with E-state index in [1.165, 1.54) is 6.20 Å². The first-order chi connectivity index (χ1) is 9.13. The first kappa shape index (κ1) is 13.0. The van der Waals surface area contributed by atoms with Gasteiger partial charge in [0.15, 0.2) is 6.04 Å². The van der Waals surface area contributed by atoms with Crippen LogP contribution in [-0.2, 0) is 4.79 Å². The van der Waals surface area contributed by atoms with Gasteiger partial charge in [-0.25, -0.2) is 4.79 Å². The molecule has 6 nitrogen and oxygen atoms in total. The lowest BCUT2D eigenvalue weighted by molar-refractivity contribution is -0.140. The number of pyridine rings is 1. The fraction of sp³-hybridized carbons (Fsp3) is 0.154. The molecule has 0 spiro atoms. The lowest BCUT2D eigenvalue weighted by atomic mass is 10.1. The molecule has 19 heavy (non-hydrogen) atoms. The molecule has 1 atom stereocenters. The van der Waals surface area contributed by atoms with Crippen molar-refractivity contribution in [1.29, 1.82) is 0 Å². The van der Waals surface area contributed by atoms with Gasteiger partial charge in [-0.15, -0.1) is 0 Å². The number of fused-ring (bicyclic) bond motifs is 1. The molecule has 1 aromatic carbocycles. The number of aliphatic carboxylic acids is 1. The summed E-state index contributed by atoms with van der Waals surface area (Å²) >= 11 is 0. The second-order valence-electron chi connectivity index (χ2n) is 3.93. The van der Waals surface area contributed by atoms with Crippen molar-refractivity contribution >= 4 is 22.6 Å². The molecule has 0 bridgehead atoms. The van der Waals surface area contributed by atoms with E-state index in [4.69, 9.17) is 10.2 Å². The summed E-state index contributed by atoms with van der Waals surface area (Å²) in [6, 6.07) is 7.57. The summed E-state index contributed by atoms with van der Waals surface area (Å²) in [7, 11) is 0. The van der Waals surface area contributed by atoms with E-state index in [2.05, 4.69) is 10.3 Å². The molecule has 6 heteroatoms. The van der Waals surface area contributed by atoms with Crippen LogP contribution in [0.2, 0.25) is 0 Å². The highest BCUT2D eigenvalue weighted by Gasteiger charge is 2.21. The molecule has 0 aliphatic rings. The van der Waals surface area contributed by atoms with Gasteiger partial charge in [-0.2, -0.15) is 0 Å². The minimum atomic E-state index is -1.34. The zero-order valence-corrected chi connectivity index (χ0v) is 9.91. The third-order valence-corrected chi connectivity index (χ3v) is 2.67. The second-order valence-corrected chi connectivity index (χ2v) is 3.93. The molecule has 0 aliphatic heterocycles. The van der Waals surface area contributed by atoms with Crippen LogP contribution in [-0.4, -0.2) is 39.7 Å². The molecular weight excluding hydrogens is 248 g/mol. The molecule has 0 saturated carbocycles. The minimum absolute atomic E-state index is 0.137. The van der Waals surface area contributed by atoms with Crippen LogP contribution < -0.4 is 5.32 Å². The first-order valence-electron chi connectivity index (χ1n) is 5.61. The van der Waals surface area contributed by atoms with Crippen LogP contribution in [0, 0.1) is 0 Å². The highest BCUT2D eigenvalue weighted by molar-refractivity contribution is 6.06. The van der Waals surface area contributed by atoms with Crippen LogP contribution >= 0.6 is 0 Å². The van der Waals surface area contributed by atoms with Crippen LogP contribution in [0.25, 0.3) is 10.8 Å². The van der Waals surface area contributed by atoms with Crippen molar-refractivity contribution < 1.29 is 19.8 Å². The molecule has 1 amide bonds. The standard InChI is InChI=1S/C13H12N2O4/c16-7-10(13(18)19)15-12(17)11-9-4-2-1-3-8(9)5-6-14-11/h1-6,10,16H,7H2,(H,15,17)(H,18,19)/t10-/m1/s1. The molecule has 1 heterocycles. The Kier molecular flexibility index (Phi) is 3.72. The molecule has 3 N–H and O–H groups in total. The van der Waals surface area contributed by atoms with E-state index in [1.807, 2.05) is 12.1 Å². The SMILES string of the molecule is O=C(N[C@H](CO)C(=O)O)c1nccc2ccccc12. The van der Waals surface area contributed by atoms with Crippen molar-refractivity contribution in [2.75, 3.05) is 6.61 Å². The van der Waals surface area contributed by atoms with Crippen LogP contribution in [0.15, 0.2) is 36.5 Å². The number of aliphatic hydroxyl groups is 1. The fourth-order valence-electron chi connectivity index (χ4n) is 1.71. The van der Waals surface area contributed by atoms with E-state index in [0.717, 1.165) is 5.39 Å². The van der Waals surface area contributed by atoms with E-state index in [9.17, 15) is 9.59 Å². The van der Waals surface area contributed by atoms with Gasteiger partial charge in [0.25, 0.3) is 5.91 Å². The lowest BCUT2D eigenvalue weighted by Crippen LogP contribution is -2.43. The van der Waals surface area contributed by atoms with E-state index in [0.29, 0.717) is 5.39 Å². The predicted molar refractivity (Wildman–Crippen MR) is 67.7 cm³/mol. The molecule has 2 rings (SSSR count). The summed E-state index contributed by atoms with van der Waals surface area (Å²) in [6.07, 6.45) is 1.48. The van der Waals surface area contributed by atoms with Gasteiger partial charge >= 0.3 is 5.97 Å². The van der Waals surface area contributed by atoms with E-state index in [-0.39, 0.29) is 5.69 Å². The van der Waals surface area contributed by atoms with Crippen LogP contribution in [0.4, 0.5) is 0 Å². The maximum absolute atomic E-state index is 12.0. The molecular formula is C13H12N2O4. The topological polar surface area (TPSA) is 99.5 Å². The zero-order valence-electron chi connectivity index (χ0n) is 9.91. The van der Waals surface area contributed by atoms with Gasteiger partial charge in [-0.05, 0) is 11.5 Å². The average molecular weight is 260 g/mol. The third kappa shape index (κ3) is 2.69. The number of hydrogen-bond acceptors (Lipinski definition) is 4. The molecule has 0 radical (unpaired) electrons. The fourth-order valence-corrected chi connectivity index (χ4v) is 1.71. The largest absolute Gasteiger partial charge is 0.480 e. The van der Waals surface area contributed by atoms with Crippen LogP contribution in [0.5, 0.6) is 0 Å². The van der Waals surface area contributed by atoms with Crippen molar-refractivity contribution in [3.8, 4) is 0 Å². The van der Waals surface area contributed by atoms with Crippen molar-refractivity contribution in [2.24, 2.45) is 0 Å². The van der Waals surface area contributed by atoms with Crippen molar-refractivity contribution in [2.45, 2.75) is 6.04 Å². The monoisotopic (exact) mass is 260 g/mol. The maximum Gasteiger partial charge on any atom is 0.328 e. The Labute approximate surface area is 108 Å². The number of nitrogens with one attached hydrogen (secondary N) is 1. The molecule has 98 valence electrons. The Morgan fingerprint density at radius 2 is 2.00 bits per heavy atom. The molecule has 0 saturated heterocycles. The first-order valence-corrected chi connectivity index (χ1v) is 5.61. The maximum atomic E-state index is 12.0. The summed E-state index contributed by atoms with van der Waals surface area (Å²) in [6.45, 7) is -0.675. The number of carboxylic acid groups (broad SMARTS) is 1. The average Bonchev–Trinajstić information content (AvgIpc) is 2.43. The predicted octanol–water partition coefficient (Wildman–Crippen LogP) is 0.410. The summed E-state index contributed by atoms with van der Waals surface area (Å²) in [5, 5.41) is 21.4. The number of carboxylic acids is 1. The van der Waals surface area contributed by atoms with Gasteiger partial charge in [0.1, 0.15) is 5.69 Å². The smallest absolute Gasteiger partial charge is 0.328 e. The molecule has 1 aromatic heterocycles. The summed E-state index contributed by atoms with van der Waals surface area (Å²) in [5.74, 6) is -1.92. The molecule has 0 aliphatic carbocycles. The van der Waals surface area contributed by atoms with Crippen molar-refractivity contribution in [3.63, 3.8) is 0 Å². The van der Waals surface area contributed by atoms with Crippen molar-refractivity contribution in [3.05, 3.63) is 42.2 Å². The molecule has 0 unspecified atom stereocenters. The zero-order chi connectivity index (χ0) is 13.8. The lowest BCUT2D eigenvalue weighted by Gasteiger charge is -2.12. The number of carbonyl (C=O) groups excluding carboxylic acids is 1. The number of amides is 1. The summed E-state index contributed by atoms with van der Waals surface area (Å²) in [5.41, 5.74) is 0.137. The second kappa shape index (κ2) is 5.45. The highest BCUT2D eigenvalue weighted by atomic mass is 16.4. The number of rotatable bonds is 4. The number of nitrogens with zero attached hydrogens (tertiary/aromatic N) is 1. The Hall–Kier alpha value is -2.47. The number of carbonyl (C=O) groups is 2. The molecule has 0 fully saturated rings. The van der Waals surface area contributed by atoms with Gasteiger partial charge in [-0.3, -0.25) is 9.78 Å². The van der Waals surface area contributed by atoms with Gasteiger partial charge in [0.2, 0.25) is 0 Å². The van der Waals surface area contributed by atoms with Crippen LogP contribution in [0.1, 0.15) is 10.5 Å². The number of aliphatic hydroxyl groups excluding tert-OH is 1. The van der Waals surface area contributed by atoms with Crippen LogP contribution in [0.3, 0.4) is 0 Å². The summed E-state index contributed by atoms with van der Waals surface area (Å²) < 4.78 is 0. The quantitative estimate of drug-likeness (QED) is 0.739. The Bertz CT molecular complexity index is 622. The van der Waals surface area contributed by atoms with Gasteiger partial charge < -0.3 is 15.5 Å². The summed E-state index contributed by atoms with van der Waals surface area (Å²) in [4.78, 5) is 26.7. The van der Waals surface area contributed by atoms with E-state index >= 15 is 0 Å². The number of aromatic nitrogens is 1. The van der Waals surface area contributed by atoms with E-state index < -0.39 is 24.5 Å². The van der Waals surface area contributed by atoms with E-state index in [1.54, 1.807) is 18.2 Å². The van der Waals surface area contributed by atoms with Gasteiger partial charge in [0, 0.05) is 11.6 Å². The van der Waals surface area contributed by atoms with Gasteiger partial charge in [0.05, 0.1) is 6.61 Å². The third-order valence-electron chi connectivity index (χ3n) is 2.67. The Morgan fingerprint density at radius 1 is 1.26 bits per heavy atom. The van der Waals surface area contributed by atoms with Crippen molar-refractivity contribution in [1.82, 2.24) is 10.3 Å². The Balaban J connectivity index is 2.34. The molecule has 2 aromatic rings. The number of hydrogen-bond donors (Lipinski definition) is 3. The Morgan fingerprint density at radius 3 is 2.68 bits per heavy atom. The highest BCUT2D eigenvalue weighted by Crippen LogP contribution is 2.16.